The Morgan fingerprint density at radius 1 is 1.14 bits per heavy atom. The van der Waals surface area contributed by atoms with E-state index < -0.39 is 0 Å². The summed E-state index contributed by atoms with van der Waals surface area (Å²) >= 11 is 0. The summed E-state index contributed by atoms with van der Waals surface area (Å²) in [6, 6.07) is 0.110. The van der Waals surface area contributed by atoms with Gasteiger partial charge in [-0.3, -0.25) is 4.79 Å². The van der Waals surface area contributed by atoms with Crippen LogP contribution in [-0.4, -0.2) is 61.0 Å². The summed E-state index contributed by atoms with van der Waals surface area (Å²) in [6.45, 7) is 10.9. The monoisotopic (exact) mass is 339 g/mol. The number of hydrogen-bond donors (Lipinski definition) is 1. The molecule has 0 aromatic carbocycles. The predicted octanol–water partition coefficient (Wildman–Crippen LogP) is 2.16. The lowest BCUT2D eigenvalue weighted by molar-refractivity contribution is -0.134. The van der Waals surface area contributed by atoms with Gasteiger partial charge in [0, 0.05) is 19.6 Å². The molecular formula is C15H31Cl2N3O. The second-order valence-corrected chi connectivity index (χ2v) is 5.90. The molecule has 0 bridgehead atoms. The van der Waals surface area contributed by atoms with Crippen LogP contribution < -0.4 is 5.32 Å². The Balaban J connectivity index is 0.00000200. The zero-order chi connectivity index (χ0) is 13.7. The molecule has 1 N–H and O–H groups in total. The third-order valence-corrected chi connectivity index (χ3v) is 4.70. The highest BCUT2D eigenvalue weighted by Crippen LogP contribution is 2.20. The summed E-state index contributed by atoms with van der Waals surface area (Å²) in [5, 5.41) is 3.32. The second kappa shape index (κ2) is 10.7. The number of rotatable bonds is 5. The molecule has 2 saturated heterocycles. The smallest absolute Gasteiger partial charge is 0.239 e. The number of amides is 1. The van der Waals surface area contributed by atoms with Gasteiger partial charge in [-0.05, 0) is 51.2 Å². The Hall–Kier alpha value is -0.0300. The van der Waals surface area contributed by atoms with Gasteiger partial charge in [0.15, 0.2) is 0 Å². The van der Waals surface area contributed by atoms with Crippen LogP contribution in [0.15, 0.2) is 0 Å². The van der Waals surface area contributed by atoms with E-state index in [1.54, 1.807) is 0 Å². The fraction of sp³-hybridized carbons (Fsp3) is 0.933. The first-order chi connectivity index (χ1) is 9.24. The fourth-order valence-electron chi connectivity index (χ4n) is 3.30. The highest BCUT2D eigenvalue weighted by Gasteiger charge is 2.29. The van der Waals surface area contributed by atoms with E-state index in [4.69, 9.17) is 0 Å². The third kappa shape index (κ3) is 5.93. The minimum Gasteiger partial charge on any atom is -0.341 e. The molecule has 4 nitrogen and oxygen atoms in total. The summed E-state index contributed by atoms with van der Waals surface area (Å²) in [5.41, 5.74) is 0. The second-order valence-electron chi connectivity index (χ2n) is 5.90. The Morgan fingerprint density at radius 3 is 2.24 bits per heavy atom. The van der Waals surface area contributed by atoms with Crippen molar-refractivity contribution in [1.82, 2.24) is 15.1 Å². The van der Waals surface area contributed by atoms with Crippen LogP contribution in [0.25, 0.3) is 0 Å². The maximum Gasteiger partial charge on any atom is 0.239 e. The van der Waals surface area contributed by atoms with Crippen molar-refractivity contribution < 1.29 is 4.79 Å². The SMILES string of the molecule is CCN(CC)CC1CCN(C(=O)[C@@H]2CCCN2)CC1.Cl.Cl. The van der Waals surface area contributed by atoms with Gasteiger partial charge in [-0.2, -0.15) is 0 Å². The van der Waals surface area contributed by atoms with Crippen LogP contribution in [0.3, 0.4) is 0 Å². The molecule has 2 fully saturated rings. The number of hydrogen-bond acceptors (Lipinski definition) is 3. The molecule has 1 amide bonds. The van der Waals surface area contributed by atoms with Crippen LogP contribution in [0, 0.1) is 5.92 Å². The molecule has 1 atom stereocenters. The van der Waals surface area contributed by atoms with Crippen molar-refractivity contribution in [2.45, 2.75) is 45.6 Å². The van der Waals surface area contributed by atoms with E-state index in [9.17, 15) is 4.79 Å². The standard InChI is InChI=1S/C15H29N3O.2ClH/c1-3-17(4-2)12-13-7-10-18(11-8-13)15(19)14-6-5-9-16-14;;/h13-14,16H,3-12H2,1-2H3;2*1H/t14-;;/m0../s1. The van der Waals surface area contributed by atoms with Crippen LogP contribution in [0.4, 0.5) is 0 Å². The number of nitrogens with one attached hydrogen (secondary N) is 1. The van der Waals surface area contributed by atoms with Crippen molar-refractivity contribution in [3.05, 3.63) is 0 Å². The van der Waals surface area contributed by atoms with Crippen molar-refractivity contribution in [2.75, 3.05) is 39.3 Å². The van der Waals surface area contributed by atoms with Crippen molar-refractivity contribution in [1.29, 1.82) is 0 Å². The lowest BCUT2D eigenvalue weighted by atomic mass is 9.95. The number of halogens is 2. The van der Waals surface area contributed by atoms with E-state index in [1.165, 1.54) is 19.4 Å². The number of carbonyl (C=O) groups is 1. The molecule has 0 aromatic rings. The largest absolute Gasteiger partial charge is 0.341 e. The Labute approximate surface area is 141 Å². The third-order valence-electron chi connectivity index (χ3n) is 4.70. The van der Waals surface area contributed by atoms with E-state index in [0.29, 0.717) is 5.91 Å². The van der Waals surface area contributed by atoms with E-state index in [0.717, 1.165) is 51.5 Å². The first-order valence-electron chi connectivity index (χ1n) is 7.99. The average Bonchev–Trinajstić information content (AvgIpc) is 2.99. The van der Waals surface area contributed by atoms with Gasteiger partial charge in [-0.25, -0.2) is 0 Å². The molecule has 0 spiro atoms. The Morgan fingerprint density at radius 2 is 1.76 bits per heavy atom. The molecule has 0 unspecified atom stereocenters. The number of piperidine rings is 1. The normalized spacial score (nSPS) is 22.8. The van der Waals surface area contributed by atoms with E-state index in [1.807, 2.05) is 0 Å². The van der Waals surface area contributed by atoms with E-state index >= 15 is 0 Å². The molecule has 0 aromatic heterocycles. The molecule has 2 aliphatic heterocycles. The van der Waals surface area contributed by atoms with Crippen molar-refractivity contribution >= 4 is 30.7 Å². The molecule has 2 rings (SSSR count). The van der Waals surface area contributed by atoms with Gasteiger partial charge in [0.2, 0.25) is 5.91 Å². The summed E-state index contributed by atoms with van der Waals surface area (Å²) in [7, 11) is 0. The van der Waals surface area contributed by atoms with Gasteiger partial charge >= 0.3 is 0 Å². The molecule has 0 radical (unpaired) electrons. The lowest BCUT2D eigenvalue weighted by Gasteiger charge is -2.35. The average molecular weight is 340 g/mol. The highest BCUT2D eigenvalue weighted by atomic mass is 35.5. The topological polar surface area (TPSA) is 35.6 Å². The molecule has 2 heterocycles. The summed E-state index contributed by atoms with van der Waals surface area (Å²) < 4.78 is 0. The van der Waals surface area contributed by atoms with Crippen LogP contribution in [-0.2, 0) is 4.79 Å². The maximum absolute atomic E-state index is 12.3. The minimum atomic E-state index is 0. The summed E-state index contributed by atoms with van der Waals surface area (Å²) in [5.74, 6) is 1.12. The highest BCUT2D eigenvalue weighted by molar-refractivity contribution is 5.85. The van der Waals surface area contributed by atoms with Crippen LogP contribution in [0.1, 0.15) is 39.5 Å². The fourth-order valence-corrected chi connectivity index (χ4v) is 3.30. The lowest BCUT2D eigenvalue weighted by Crippen LogP contribution is -2.48. The van der Waals surface area contributed by atoms with Gasteiger partial charge in [-0.15, -0.1) is 24.8 Å². The summed E-state index contributed by atoms with van der Waals surface area (Å²) in [6.07, 6.45) is 4.52. The van der Waals surface area contributed by atoms with Crippen molar-refractivity contribution in [2.24, 2.45) is 5.92 Å². The van der Waals surface area contributed by atoms with Gasteiger partial charge in [0.25, 0.3) is 0 Å². The Kier molecular flexibility index (Phi) is 10.6. The van der Waals surface area contributed by atoms with Crippen LogP contribution in [0.5, 0.6) is 0 Å². The zero-order valence-electron chi connectivity index (χ0n) is 13.3. The van der Waals surface area contributed by atoms with E-state index in [-0.39, 0.29) is 30.9 Å². The zero-order valence-corrected chi connectivity index (χ0v) is 15.0. The Bertz CT molecular complexity index is 287. The van der Waals surface area contributed by atoms with Crippen LogP contribution in [0.2, 0.25) is 0 Å². The van der Waals surface area contributed by atoms with Crippen molar-refractivity contribution in [3.8, 4) is 0 Å². The van der Waals surface area contributed by atoms with Gasteiger partial charge in [0.1, 0.15) is 0 Å². The number of nitrogens with zero attached hydrogens (tertiary/aromatic N) is 2. The number of likely N-dealkylation sites (tertiary alicyclic amines) is 1. The number of carbonyl (C=O) groups excluding carboxylic acids is 1. The van der Waals surface area contributed by atoms with Gasteiger partial charge < -0.3 is 15.1 Å². The molecular weight excluding hydrogens is 309 g/mol. The van der Waals surface area contributed by atoms with Gasteiger partial charge in [0.05, 0.1) is 6.04 Å². The molecule has 6 heteroatoms. The summed E-state index contributed by atoms with van der Waals surface area (Å²) in [4.78, 5) is 16.9. The van der Waals surface area contributed by atoms with Crippen molar-refractivity contribution in [3.63, 3.8) is 0 Å². The molecule has 126 valence electrons. The molecule has 0 saturated carbocycles. The van der Waals surface area contributed by atoms with Crippen LogP contribution >= 0.6 is 24.8 Å². The van der Waals surface area contributed by atoms with E-state index in [2.05, 4.69) is 29.0 Å². The quantitative estimate of drug-likeness (QED) is 0.833. The first-order valence-corrected chi connectivity index (χ1v) is 7.99. The predicted molar refractivity (Wildman–Crippen MR) is 92.6 cm³/mol. The molecule has 0 aliphatic carbocycles. The molecule has 21 heavy (non-hydrogen) atoms. The maximum atomic E-state index is 12.3. The first kappa shape index (κ1) is 21.0. The van der Waals surface area contributed by atoms with Gasteiger partial charge in [-0.1, -0.05) is 13.8 Å². The molecule has 2 aliphatic rings. The minimum absolute atomic E-state index is 0.